The van der Waals surface area contributed by atoms with E-state index in [1.807, 2.05) is 18.2 Å². The maximum absolute atomic E-state index is 11.7. The van der Waals surface area contributed by atoms with Gasteiger partial charge in [0.25, 0.3) is 5.91 Å². The molecule has 0 radical (unpaired) electrons. The van der Waals surface area contributed by atoms with Crippen LogP contribution < -0.4 is 15.4 Å². The zero-order valence-corrected chi connectivity index (χ0v) is 14.7. The van der Waals surface area contributed by atoms with Gasteiger partial charge in [-0.3, -0.25) is 10.1 Å². The third-order valence-electron chi connectivity index (χ3n) is 4.08. The van der Waals surface area contributed by atoms with E-state index in [4.69, 9.17) is 9.47 Å². The number of carbonyl (C=O) groups excluding carboxylic acids is 3. The highest BCUT2D eigenvalue weighted by atomic mass is 16.6. The fraction of sp³-hybridized carbons (Fsp3) is 0.250. The largest absolute Gasteiger partial charge is 0.482 e. The van der Waals surface area contributed by atoms with Gasteiger partial charge >= 0.3 is 12.0 Å². The Morgan fingerprint density at radius 1 is 0.926 bits per heavy atom. The van der Waals surface area contributed by atoms with Crippen molar-refractivity contribution in [3.8, 4) is 5.75 Å². The Hall–Kier alpha value is -3.35. The summed E-state index contributed by atoms with van der Waals surface area (Å²) in [5, 5.41) is 4.57. The van der Waals surface area contributed by atoms with Crippen molar-refractivity contribution in [1.29, 1.82) is 0 Å². The molecule has 0 fully saturated rings. The second kappa shape index (κ2) is 8.84. The van der Waals surface area contributed by atoms with E-state index in [-0.39, 0.29) is 6.61 Å². The molecular weight excluding hydrogens is 348 g/mol. The molecule has 0 saturated heterocycles. The number of benzene rings is 2. The number of anilines is 1. The van der Waals surface area contributed by atoms with Gasteiger partial charge in [-0.25, -0.2) is 9.59 Å². The van der Waals surface area contributed by atoms with Crippen LogP contribution >= 0.6 is 0 Å². The quantitative estimate of drug-likeness (QED) is 0.764. The van der Waals surface area contributed by atoms with Gasteiger partial charge in [-0.05, 0) is 54.7 Å². The van der Waals surface area contributed by atoms with Crippen molar-refractivity contribution < 1.29 is 23.9 Å². The van der Waals surface area contributed by atoms with E-state index in [2.05, 4.69) is 10.6 Å². The topological polar surface area (TPSA) is 93.7 Å². The lowest BCUT2D eigenvalue weighted by molar-refractivity contribution is -0.150. The summed E-state index contributed by atoms with van der Waals surface area (Å²) in [6.45, 7) is -0.864. The van der Waals surface area contributed by atoms with Gasteiger partial charge in [0.15, 0.2) is 13.2 Å². The molecular formula is C20H20N2O5. The Morgan fingerprint density at radius 3 is 2.52 bits per heavy atom. The first kappa shape index (κ1) is 18.4. The standard InChI is InChI=1S/C20H20N2O5/c23-18(22-20(25)21-16-7-2-1-3-8-16)12-27-19(24)13-26-17-10-9-14-5-4-6-15(14)11-17/h1-3,7-11H,4-6,12-13H2,(H2,21,22,23,25). The van der Waals surface area contributed by atoms with Gasteiger partial charge < -0.3 is 14.8 Å². The molecule has 7 heteroatoms. The molecule has 0 atom stereocenters. The van der Waals surface area contributed by atoms with Crippen LogP contribution in [0, 0.1) is 0 Å². The van der Waals surface area contributed by atoms with Crippen LogP contribution in [0.2, 0.25) is 0 Å². The molecule has 2 aromatic rings. The molecule has 0 spiro atoms. The van der Waals surface area contributed by atoms with Crippen molar-refractivity contribution in [2.24, 2.45) is 0 Å². The first-order chi connectivity index (χ1) is 13.1. The fourth-order valence-electron chi connectivity index (χ4n) is 2.81. The Labute approximate surface area is 156 Å². The molecule has 3 rings (SSSR count). The van der Waals surface area contributed by atoms with E-state index in [0.29, 0.717) is 11.4 Å². The third-order valence-corrected chi connectivity index (χ3v) is 4.08. The van der Waals surface area contributed by atoms with Crippen LogP contribution in [0.25, 0.3) is 0 Å². The van der Waals surface area contributed by atoms with Gasteiger partial charge in [0.1, 0.15) is 5.75 Å². The summed E-state index contributed by atoms with van der Waals surface area (Å²) in [6, 6.07) is 13.7. The van der Waals surface area contributed by atoms with Gasteiger partial charge in [-0.15, -0.1) is 0 Å². The number of imide groups is 1. The first-order valence-electron chi connectivity index (χ1n) is 8.66. The lowest BCUT2D eigenvalue weighted by Gasteiger charge is -2.09. The summed E-state index contributed by atoms with van der Waals surface area (Å²) < 4.78 is 10.2. The van der Waals surface area contributed by atoms with Crippen molar-refractivity contribution in [3.05, 3.63) is 59.7 Å². The van der Waals surface area contributed by atoms with E-state index in [1.165, 1.54) is 11.1 Å². The van der Waals surface area contributed by atoms with Crippen LogP contribution in [-0.4, -0.2) is 31.1 Å². The predicted octanol–water partition coefficient (Wildman–Crippen LogP) is 2.45. The molecule has 1 aliphatic rings. The second-order valence-electron chi connectivity index (χ2n) is 6.10. The van der Waals surface area contributed by atoms with Gasteiger partial charge in [0.2, 0.25) is 0 Å². The Balaban J connectivity index is 1.36. The van der Waals surface area contributed by atoms with Crippen LogP contribution in [0.15, 0.2) is 48.5 Å². The van der Waals surface area contributed by atoms with Crippen molar-refractivity contribution >= 4 is 23.6 Å². The molecule has 27 heavy (non-hydrogen) atoms. The number of fused-ring (bicyclic) bond motifs is 1. The summed E-state index contributed by atoms with van der Waals surface area (Å²) in [6.07, 6.45) is 3.22. The Morgan fingerprint density at radius 2 is 1.70 bits per heavy atom. The van der Waals surface area contributed by atoms with Crippen LogP contribution in [0.5, 0.6) is 5.75 Å². The van der Waals surface area contributed by atoms with Gasteiger partial charge in [0.05, 0.1) is 0 Å². The molecule has 2 aromatic carbocycles. The molecule has 1 aliphatic carbocycles. The van der Waals surface area contributed by atoms with Crippen molar-refractivity contribution in [3.63, 3.8) is 0 Å². The van der Waals surface area contributed by atoms with Crippen LogP contribution in [-0.2, 0) is 27.2 Å². The Bertz CT molecular complexity index is 836. The molecule has 7 nitrogen and oxygen atoms in total. The number of esters is 1. The number of hydrogen-bond acceptors (Lipinski definition) is 5. The number of hydrogen-bond donors (Lipinski definition) is 2. The number of aryl methyl sites for hydroxylation is 2. The van der Waals surface area contributed by atoms with E-state index in [9.17, 15) is 14.4 Å². The molecule has 0 heterocycles. The summed E-state index contributed by atoms with van der Waals surface area (Å²) >= 11 is 0. The van der Waals surface area contributed by atoms with E-state index >= 15 is 0 Å². The number of nitrogens with one attached hydrogen (secondary N) is 2. The lowest BCUT2D eigenvalue weighted by atomic mass is 10.1. The molecule has 2 N–H and O–H groups in total. The van der Waals surface area contributed by atoms with Crippen molar-refractivity contribution in [2.75, 3.05) is 18.5 Å². The van der Waals surface area contributed by atoms with E-state index in [1.54, 1.807) is 30.3 Å². The number of carbonyl (C=O) groups is 3. The molecule has 0 aliphatic heterocycles. The van der Waals surface area contributed by atoms with Gasteiger partial charge in [0, 0.05) is 5.69 Å². The third kappa shape index (κ3) is 5.57. The second-order valence-corrected chi connectivity index (χ2v) is 6.10. The molecule has 0 bridgehead atoms. The number of rotatable bonds is 6. The number of para-hydroxylation sites is 1. The van der Waals surface area contributed by atoms with Gasteiger partial charge in [-0.1, -0.05) is 24.3 Å². The van der Waals surface area contributed by atoms with Crippen molar-refractivity contribution in [1.82, 2.24) is 5.32 Å². The number of urea groups is 1. The summed E-state index contributed by atoms with van der Waals surface area (Å²) in [5.74, 6) is -0.817. The average molecular weight is 368 g/mol. The predicted molar refractivity (Wildman–Crippen MR) is 98.5 cm³/mol. The monoisotopic (exact) mass is 368 g/mol. The highest BCUT2D eigenvalue weighted by Gasteiger charge is 2.14. The minimum absolute atomic E-state index is 0.303. The van der Waals surface area contributed by atoms with Crippen LogP contribution in [0.4, 0.5) is 10.5 Å². The Kier molecular flexibility index (Phi) is 6.04. The van der Waals surface area contributed by atoms with Crippen molar-refractivity contribution in [2.45, 2.75) is 19.3 Å². The SMILES string of the molecule is O=C(COC(=O)COc1ccc2c(c1)CCC2)NC(=O)Nc1ccccc1. The lowest BCUT2D eigenvalue weighted by Crippen LogP contribution is -2.37. The molecule has 3 amide bonds. The maximum Gasteiger partial charge on any atom is 0.344 e. The summed E-state index contributed by atoms with van der Waals surface area (Å²) in [4.78, 5) is 35.0. The van der Waals surface area contributed by atoms with Crippen LogP contribution in [0.1, 0.15) is 17.5 Å². The molecule has 140 valence electrons. The fourth-order valence-corrected chi connectivity index (χ4v) is 2.81. The molecule has 0 saturated carbocycles. The van der Waals surface area contributed by atoms with Crippen LogP contribution in [0.3, 0.4) is 0 Å². The zero-order valence-electron chi connectivity index (χ0n) is 14.7. The first-order valence-corrected chi connectivity index (χ1v) is 8.66. The smallest absolute Gasteiger partial charge is 0.344 e. The van der Waals surface area contributed by atoms with E-state index in [0.717, 1.165) is 19.3 Å². The zero-order chi connectivity index (χ0) is 19.1. The number of ether oxygens (including phenoxy) is 2. The minimum Gasteiger partial charge on any atom is -0.482 e. The molecule has 0 unspecified atom stereocenters. The highest BCUT2D eigenvalue weighted by Crippen LogP contribution is 2.25. The highest BCUT2D eigenvalue weighted by molar-refractivity contribution is 6.01. The summed E-state index contributed by atoms with van der Waals surface area (Å²) in [7, 11) is 0. The van der Waals surface area contributed by atoms with E-state index < -0.39 is 24.5 Å². The van der Waals surface area contributed by atoms with Gasteiger partial charge in [-0.2, -0.15) is 0 Å². The molecule has 0 aromatic heterocycles. The maximum atomic E-state index is 11.7. The minimum atomic E-state index is -0.727. The average Bonchev–Trinajstić information content (AvgIpc) is 3.13. The number of amides is 3. The summed E-state index contributed by atoms with van der Waals surface area (Å²) in [5.41, 5.74) is 3.10. The normalized spacial score (nSPS) is 12.0.